The maximum Gasteiger partial charge on any atom is 0.254 e. The average molecular weight is 626 g/mol. The number of anilines is 2. The van der Waals surface area contributed by atoms with Crippen LogP contribution in [0, 0.1) is 12.7 Å². The fourth-order valence-corrected chi connectivity index (χ4v) is 5.64. The van der Waals surface area contributed by atoms with Crippen LogP contribution in [0.1, 0.15) is 15.9 Å². The number of carbonyl (C=O) groups excluding carboxylic acids is 2. The minimum Gasteiger partial charge on any atom is -0.494 e. The lowest BCUT2D eigenvalue weighted by atomic mass is 10.1. The Kier molecular flexibility index (Phi) is 9.02. The SMILES string of the molecule is COc1ccc(-c2c(Nc3ccc(C(=O)N4CCN(C(=O)[C@H]5NC[C@H](O)[C@@H]5O)CC4)c(C)c3)nc3cnccn23)cc1F.Cl. The molecule has 4 aromatic rings. The van der Waals surface area contributed by atoms with Crippen molar-refractivity contribution >= 4 is 41.4 Å². The summed E-state index contributed by atoms with van der Waals surface area (Å²) < 4.78 is 21.5. The molecule has 4 heterocycles. The number of aliphatic hydroxyl groups excluding tert-OH is 2. The van der Waals surface area contributed by atoms with E-state index in [4.69, 9.17) is 4.74 Å². The third-order valence-corrected chi connectivity index (χ3v) is 8.00. The molecule has 12 nitrogen and oxygen atoms in total. The number of aryl methyl sites for hydroxylation is 1. The van der Waals surface area contributed by atoms with Crippen LogP contribution in [0.2, 0.25) is 0 Å². The predicted octanol–water partition coefficient (Wildman–Crippen LogP) is 2.00. The van der Waals surface area contributed by atoms with Crippen molar-refractivity contribution in [2.75, 3.05) is 45.2 Å². The molecule has 3 atom stereocenters. The van der Waals surface area contributed by atoms with Gasteiger partial charge in [0.1, 0.15) is 12.1 Å². The summed E-state index contributed by atoms with van der Waals surface area (Å²) in [7, 11) is 1.41. The maximum absolute atomic E-state index is 14.6. The number of β-amino-alcohol motifs (C(OH)–C–C–N with tert-alkyl or cyclic N) is 1. The van der Waals surface area contributed by atoms with E-state index in [1.807, 2.05) is 17.4 Å². The van der Waals surface area contributed by atoms with Gasteiger partial charge in [-0.05, 0) is 48.9 Å². The van der Waals surface area contributed by atoms with E-state index in [1.54, 1.807) is 52.7 Å². The second kappa shape index (κ2) is 12.7. The van der Waals surface area contributed by atoms with E-state index in [2.05, 4.69) is 20.6 Å². The molecule has 2 aromatic heterocycles. The van der Waals surface area contributed by atoms with E-state index in [1.165, 1.54) is 13.2 Å². The minimum atomic E-state index is -1.15. The first-order chi connectivity index (χ1) is 20.7. The number of aromatic nitrogens is 3. The number of ether oxygens (including phenoxy) is 1. The van der Waals surface area contributed by atoms with Gasteiger partial charge in [0.05, 0.1) is 25.1 Å². The molecule has 2 aliphatic heterocycles. The van der Waals surface area contributed by atoms with Crippen LogP contribution in [0.25, 0.3) is 16.9 Å². The van der Waals surface area contributed by atoms with Crippen molar-refractivity contribution in [3.05, 3.63) is 71.9 Å². The van der Waals surface area contributed by atoms with Crippen molar-refractivity contribution in [1.29, 1.82) is 0 Å². The third-order valence-electron chi connectivity index (χ3n) is 8.00. The van der Waals surface area contributed by atoms with Crippen LogP contribution in [-0.2, 0) is 4.79 Å². The van der Waals surface area contributed by atoms with Crippen molar-refractivity contribution < 1.29 is 28.9 Å². The lowest BCUT2D eigenvalue weighted by molar-refractivity contribution is -0.137. The summed E-state index contributed by atoms with van der Waals surface area (Å²) in [5.74, 6) is -0.278. The van der Waals surface area contributed by atoms with Crippen LogP contribution < -0.4 is 15.4 Å². The zero-order valence-corrected chi connectivity index (χ0v) is 24.9. The van der Waals surface area contributed by atoms with Crippen molar-refractivity contribution in [2.45, 2.75) is 25.2 Å². The van der Waals surface area contributed by atoms with Gasteiger partial charge in [-0.2, -0.15) is 0 Å². The van der Waals surface area contributed by atoms with Gasteiger partial charge in [-0.3, -0.25) is 19.0 Å². The van der Waals surface area contributed by atoms with Gasteiger partial charge in [-0.25, -0.2) is 9.37 Å². The van der Waals surface area contributed by atoms with E-state index in [-0.39, 0.29) is 36.5 Å². The number of piperazine rings is 1. The number of methoxy groups -OCH3 is 1. The number of benzene rings is 2. The van der Waals surface area contributed by atoms with Gasteiger partial charge in [-0.1, -0.05) is 0 Å². The van der Waals surface area contributed by atoms with E-state index < -0.39 is 24.1 Å². The average Bonchev–Trinajstić information content (AvgIpc) is 3.55. The molecule has 2 amide bonds. The summed E-state index contributed by atoms with van der Waals surface area (Å²) in [6.45, 7) is 3.39. The standard InChI is InChI=1S/C30H32FN7O5.ClH/c1-17-13-19(34-28-26(38-8-7-32-16-24(38)35-28)18-3-6-23(43-2)21(31)14-18)4-5-20(17)29(41)36-9-11-37(12-10-36)30(42)25-27(40)22(39)15-33-25;/h3-8,13-14,16,22,25,27,33-34,39-40H,9-12,15H2,1-2H3;1H/t22-,25-,27-;/m0./s1. The first-order valence-corrected chi connectivity index (χ1v) is 14.0. The van der Waals surface area contributed by atoms with Crippen molar-refractivity contribution in [2.24, 2.45) is 0 Å². The molecule has 2 saturated heterocycles. The lowest BCUT2D eigenvalue weighted by Gasteiger charge is -2.36. The molecule has 0 bridgehead atoms. The van der Waals surface area contributed by atoms with Crippen LogP contribution in [0.5, 0.6) is 5.75 Å². The molecule has 0 spiro atoms. The second-order valence-electron chi connectivity index (χ2n) is 10.7. The van der Waals surface area contributed by atoms with E-state index in [0.29, 0.717) is 60.2 Å². The van der Waals surface area contributed by atoms with Crippen molar-refractivity contribution in [3.8, 4) is 17.0 Å². The molecule has 2 fully saturated rings. The Balaban J connectivity index is 0.00000384. The second-order valence-corrected chi connectivity index (χ2v) is 10.7. The number of nitrogens with one attached hydrogen (secondary N) is 2. The van der Waals surface area contributed by atoms with Crippen LogP contribution in [0.4, 0.5) is 15.9 Å². The fraction of sp³-hybridized carbons (Fsp3) is 0.333. The van der Waals surface area contributed by atoms with Crippen molar-refractivity contribution in [1.82, 2.24) is 29.5 Å². The Labute approximate surface area is 258 Å². The molecule has 0 saturated carbocycles. The number of hydrogen-bond donors (Lipinski definition) is 4. The zero-order chi connectivity index (χ0) is 30.2. The zero-order valence-electron chi connectivity index (χ0n) is 24.1. The highest BCUT2D eigenvalue weighted by Crippen LogP contribution is 2.33. The number of carbonyl (C=O) groups is 2. The first kappa shape index (κ1) is 31.1. The van der Waals surface area contributed by atoms with Crippen LogP contribution >= 0.6 is 12.4 Å². The number of fused-ring (bicyclic) bond motifs is 1. The highest BCUT2D eigenvalue weighted by atomic mass is 35.5. The quantitative estimate of drug-likeness (QED) is 0.253. The summed E-state index contributed by atoms with van der Waals surface area (Å²) in [6, 6.07) is 9.27. The van der Waals surface area contributed by atoms with Crippen molar-refractivity contribution in [3.63, 3.8) is 0 Å². The van der Waals surface area contributed by atoms with E-state index >= 15 is 0 Å². The molecule has 14 heteroatoms. The molecule has 0 aliphatic carbocycles. The molecular formula is C30H33ClFN7O5. The maximum atomic E-state index is 14.6. The molecule has 4 N–H and O–H groups in total. The number of halogens is 2. The highest BCUT2D eigenvalue weighted by molar-refractivity contribution is 5.96. The van der Waals surface area contributed by atoms with Crippen LogP contribution in [0.15, 0.2) is 55.0 Å². The number of hydrogen-bond acceptors (Lipinski definition) is 9. The molecule has 0 unspecified atom stereocenters. The van der Waals surface area contributed by atoms with Gasteiger partial charge in [-0.15, -0.1) is 12.4 Å². The number of nitrogens with zero attached hydrogens (tertiary/aromatic N) is 5. The van der Waals surface area contributed by atoms with Gasteiger partial charge in [0.2, 0.25) is 5.91 Å². The predicted molar refractivity (Wildman–Crippen MR) is 163 cm³/mol. The van der Waals surface area contributed by atoms with E-state index in [9.17, 15) is 24.2 Å². The topological polar surface area (TPSA) is 145 Å². The summed E-state index contributed by atoms with van der Waals surface area (Å²) in [5.41, 5.74) is 3.79. The summed E-state index contributed by atoms with van der Waals surface area (Å²) in [6.07, 6.45) is 2.87. The van der Waals surface area contributed by atoms with E-state index in [0.717, 1.165) is 5.56 Å². The minimum absolute atomic E-state index is 0. The van der Waals surface area contributed by atoms with Crippen LogP contribution in [-0.4, -0.2) is 104 Å². The Morgan fingerprint density at radius 3 is 2.50 bits per heavy atom. The van der Waals surface area contributed by atoms with Gasteiger partial charge in [0, 0.05) is 61.9 Å². The fourth-order valence-electron chi connectivity index (χ4n) is 5.64. The largest absolute Gasteiger partial charge is 0.494 e. The van der Waals surface area contributed by atoms with Gasteiger partial charge in [0.15, 0.2) is 23.0 Å². The van der Waals surface area contributed by atoms with Gasteiger partial charge in [0.25, 0.3) is 5.91 Å². The Morgan fingerprint density at radius 1 is 1.09 bits per heavy atom. The number of imidazole rings is 1. The Morgan fingerprint density at radius 2 is 1.84 bits per heavy atom. The first-order valence-electron chi connectivity index (χ1n) is 14.0. The smallest absolute Gasteiger partial charge is 0.254 e. The van der Waals surface area contributed by atoms with Gasteiger partial charge >= 0.3 is 0 Å². The summed E-state index contributed by atoms with van der Waals surface area (Å²) in [4.78, 5) is 38.4. The number of rotatable bonds is 6. The van der Waals surface area contributed by atoms with Gasteiger partial charge < -0.3 is 35.4 Å². The molecule has 232 valence electrons. The molecule has 2 aromatic carbocycles. The monoisotopic (exact) mass is 625 g/mol. The molecular weight excluding hydrogens is 593 g/mol. The molecule has 44 heavy (non-hydrogen) atoms. The Hall–Kier alpha value is -4.30. The Bertz CT molecular complexity index is 1690. The molecule has 0 radical (unpaired) electrons. The normalized spacial score (nSPS) is 20.0. The number of amides is 2. The summed E-state index contributed by atoms with van der Waals surface area (Å²) in [5, 5.41) is 26.0. The van der Waals surface area contributed by atoms with Crippen LogP contribution in [0.3, 0.4) is 0 Å². The number of aliphatic hydroxyl groups is 2. The lowest BCUT2D eigenvalue weighted by Crippen LogP contribution is -2.56. The molecule has 6 rings (SSSR count). The highest BCUT2D eigenvalue weighted by Gasteiger charge is 2.40. The third kappa shape index (κ3) is 5.78. The summed E-state index contributed by atoms with van der Waals surface area (Å²) >= 11 is 0. The molecule has 2 aliphatic rings.